The van der Waals surface area contributed by atoms with Crippen LogP contribution in [0, 0.1) is 5.92 Å². The summed E-state index contributed by atoms with van der Waals surface area (Å²) in [7, 11) is 0. The van der Waals surface area contributed by atoms with Crippen molar-refractivity contribution >= 4 is 11.3 Å². The van der Waals surface area contributed by atoms with Crippen LogP contribution < -0.4 is 5.32 Å². The third-order valence-corrected chi connectivity index (χ3v) is 4.98. The summed E-state index contributed by atoms with van der Waals surface area (Å²) in [5.74, 6) is 0.564. The maximum absolute atomic E-state index is 4.93. The van der Waals surface area contributed by atoms with E-state index in [1.54, 1.807) is 11.3 Å². The van der Waals surface area contributed by atoms with Crippen LogP contribution in [-0.4, -0.2) is 11.0 Å². The lowest BCUT2D eigenvalue weighted by Crippen LogP contribution is -2.48. The van der Waals surface area contributed by atoms with E-state index < -0.39 is 0 Å². The molecule has 0 aliphatic rings. The van der Waals surface area contributed by atoms with Crippen LogP contribution in [0.1, 0.15) is 72.5 Å². The minimum Gasteiger partial charge on any atom is -0.303 e. The predicted octanol–water partition coefficient (Wildman–Crippen LogP) is 4.70. The average Bonchev–Trinajstić information content (AvgIpc) is 2.76. The zero-order valence-electron chi connectivity index (χ0n) is 13.8. The van der Waals surface area contributed by atoms with Crippen molar-refractivity contribution in [3.05, 3.63) is 16.1 Å². The van der Waals surface area contributed by atoms with E-state index in [1.807, 2.05) is 0 Å². The highest BCUT2D eigenvalue weighted by molar-refractivity contribution is 7.09. The van der Waals surface area contributed by atoms with Gasteiger partial charge >= 0.3 is 0 Å². The first-order valence-corrected chi connectivity index (χ1v) is 8.23. The summed E-state index contributed by atoms with van der Waals surface area (Å²) in [5, 5.41) is 7.18. The molecule has 2 atom stereocenters. The van der Waals surface area contributed by atoms with Crippen molar-refractivity contribution < 1.29 is 0 Å². The van der Waals surface area contributed by atoms with Gasteiger partial charge in [-0.3, -0.25) is 0 Å². The molecule has 1 aromatic rings. The zero-order valence-corrected chi connectivity index (χ0v) is 14.6. The SMILES string of the molecule is CCC(C)C(C)(NC(C)C)c1nc(C(C)(C)C)cs1. The van der Waals surface area contributed by atoms with Crippen molar-refractivity contribution in [2.24, 2.45) is 5.92 Å². The van der Waals surface area contributed by atoms with E-state index in [-0.39, 0.29) is 11.0 Å². The second kappa shape index (κ2) is 5.92. The molecule has 0 aromatic carbocycles. The normalized spacial score (nSPS) is 17.5. The molecule has 1 heterocycles. The first-order chi connectivity index (χ1) is 8.61. The van der Waals surface area contributed by atoms with E-state index in [0.29, 0.717) is 12.0 Å². The Hall–Kier alpha value is -0.410. The number of nitrogens with one attached hydrogen (secondary N) is 1. The van der Waals surface area contributed by atoms with Gasteiger partial charge in [0.05, 0.1) is 11.2 Å². The molecule has 19 heavy (non-hydrogen) atoms. The molecule has 2 nitrogen and oxygen atoms in total. The van der Waals surface area contributed by atoms with E-state index in [9.17, 15) is 0 Å². The van der Waals surface area contributed by atoms with Gasteiger partial charge < -0.3 is 5.32 Å². The van der Waals surface area contributed by atoms with E-state index >= 15 is 0 Å². The van der Waals surface area contributed by atoms with Crippen LogP contribution in [-0.2, 0) is 11.0 Å². The van der Waals surface area contributed by atoms with Gasteiger partial charge in [-0.05, 0) is 26.7 Å². The van der Waals surface area contributed by atoms with Crippen molar-refractivity contribution in [3.8, 4) is 0 Å². The Labute approximate surface area is 123 Å². The molecule has 3 heteroatoms. The molecule has 0 radical (unpaired) electrons. The Bertz CT molecular complexity index is 403. The van der Waals surface area contributed by atoms with Crippen LogP contribution in [0.5, 0.6) is 0 Å². The zero-order chi connectivity index (χ0) is 14.8. The number of thiazole rings is 1. The van der Waals surface area contributed by atoms with E-state index in [4.69, 9.17) is 4.98 Å². The van der Waals surface area contributed by atoms with Crippen LogP contribution in [0.15, 0.2) is 5.38 Å². The van der Waals surface area contributed by atoms with E-state index in [2.05, 4.69) is 66.1 Å². The molecular formula is C16H30N2S. The summed E-state index contributed by atoms with van der Waals surface area (Å²) in [5.41, 5.74) is 1.30. The first kappa shape index (κ1) is 16.6. The molecule has 110 valence electrons. The van der Waals surface area contributed by atoms with Crippen LogP contribution in [0.2, 0.25) is 0 Å². The third kappa shape index (κ3) is 3.79. The second-order valence-electron chi connectivity index (χ2n) is 7.10. The minimum atomic E-state index is -0.0307. The molecule has 0 spiro atoms. The fourth-order valence-electron chi connectivity index (χ4n) is 2.28. The molecular weight excluding hydrogens is 252 g/mol. The number of hydrogen-bond acceptors (Lipinski definition) is 3. The largest absolute Gasteiger partial charge is 0.303 e. The highest BCUT2D eigenvalue weighted by Gasteiger charge is 2.36. The molecule has 0 bridgehead atoms. The van der Waals surface area contributed by atoms with Gasteiger partial charge in [0, 0.05) is 16.8 Å². The predicted molar refractivity (Wildman–Crippen MR) is 85.9 cm³/mol. The van der Waals surface area contributed by atoms with Crippen LogP contribution >= 0.6 is 11.3 Å². The van der Waals surface area contributed by atoms with Gasteiger partial charge in [0.2, 0.25) is 0 Å². The van der Waals surface area contributed by atoms with E-state index in [1.165, 1.54) is 10.7 Å². The number of nitrogens with zero attached hydrogens (tertiary/aromatic N) is 1. The molecule has 0 saturated carbocycles. The monoisotopic (exact) mass is 282 g/mol. The molecule has 0 saturated heterocycles. The summed E-state index contributed by atoms with van der Waals surface area (Å²) in [6, 6.07) is 0.459. The first-order valence-electron chi connectivity index (χ1n) is 7.35. The third-order valence-electron chi connectivity index (χ3n) is 3.90. The van der Waals surface area contributed by atoms with Crippen molar-refractivity contribution in [3.63, 3.8) is 0 Å². The smallest absolute Gasteiger partial charge is 0.113 e. The molecule has 1 rings (SSSR count). The summed E-state index contributed by atoms with van der Waals surface area (Å²) >= 11 is 1.80. The minimum absolute atomic E-state index is 0.0307. The molecule has 2 unspecified atom stereocenters. The van der Waals surface area contributed by atoms with Crippen LogP contribution in [0.3, 0.4) is 0 Å². The second-order valence-corrected chi connectivity index (χ2v) is 7.96. The molecule has 1 aromatic heterocycles. The number of rotatable bonds is 5. The van der Waals surface area contributed by atoms with Crippen molar-refractivity contribution in [1.82, 2.24) is 10.3 Å². The summed E-state index contributed by atoms with van der Waals surface area (Å²) in [4.78, 5) is 4.93. The van der Waals surface area contributed by atoms with Crippen LogP contribution in [0.25, 0.3) is 0 Å². The lowest BCUT2D eigenvalue weighted by atomic mass is 9.84. The maximum atomic E-state index is 4.93. The highest BCUT2D eigenvalue weighted by atomic mass is 32.1. The van der Waals surface area contributed by atoms with Gasteiger partial charge in [-0.1, -0.05) is 41.0 Å². The molecule has 0 fully saturated rings. The fraction of sp³-hybridized carbons (Fsp3) is 0.812. The van der Waals surface area contributed by atoms with Gasteiger partial charge in [0.15, 0.2) is 0 Å². The summed E-state index contributed by atoms with van der Waals surface area (Å²) in [6.07, 6.45) is 1.15. The number of aromatic nitrogens is 1. The Morgan fingerprint density at radius 3 is 2.16 bits per heavy atom. The van der Waals surface area contributed by atoms with Crippen molar-refractivity contribution in [2.75, 3.05) is 0 Å². The van der Waals surface area contributed by atoms with Gasteiger partial charge in [-0.2, -0.15) is 0 Å². The lowest BCUT2D eigenvalue weighted by Gasteiger charge is -2.36. The fourth-order valence-corrected chi connectivity index (χ4v) is 3.56. The van der Waals surface area contributed by atoms with Gasteiger partial charge in [0.1, 0.15) is 5.01 Å². The molecule has 1 N–H and O–H groups in total. The Kier molecular flexibility index (Phi) is 5.19. The highest BCUT2D eigenvalue weighted by Crippen LogP contribution is 2.36. The summed E-state index contributed by atoms with van der Waals surface area (Å²) < 4.78 is 0. The Morgan fingerprint density at radius 2 is 1.79 bits per heavy atom. The molecule has 0 aliphatic heterocycles. The Balaban J connectivity index is 3.15. The van der Waals surface area contributed by atoms with Crippen LogP contribution in [0.4, 0.5) is 0 Å². The molecule has 0 amide bonds. The maximum Gasteiger partial charge on any atom is 0.113 e. The summed E-state index contributed by atoms with van der Waals surface area (Å²) in [6.45, 7) is 18.0. The van der Waals surface area contributed by atoms with Gasteiger partial charge in [-0.15, -0.1) is 11.3 Å². The topological polar surface area (TPSA) is 24.9 Å². The number of hydrogen-bond donors (Lipinski definition) is 1. The van der Waals surface area contributed by atoms with Gasteiger partial charge in [-0.25, -0.2) is 4.98 Å². The van der Waals surface area contributed by atoms with Crippen molar-refractivity contribution in [1.29, 1.82) is 0 Å². The van der Waals surface area contributed by atoms with Gasteiger partial charge in [0.25, 0.3) is 0 Å². The standard InChI is InChI=1S/C16H30N2S/c1-9-12(4)16(8,18-11(2)3)14-17-13(10-19-14)15(5,6)7/h10-12,18H,9H2,1-8H3. The average molecular weight is 282 g/mol. The molecule has 0 aliphatic carbocycles. The quantitative estimate of drug-likeness (QED) is 0.846. The van der Waals surface area contributed by atoms with Crippen molar-refractivity contribution in [2.45, 2.75) is 78.8 Å². The lowest BCUT2D eigenvalue weighted by molar-refractivity contribution is 0.222. The Morgan fingerprint density at radius 1 is 1.21 bits per heavy atom. The van der Waals surface area contributed by atoms with E-state index in [0.717, 1.165) is 6.42 Å².